The molecule has 2 N–H and O–H groups in total. The van der Waals surface area contributed by atoms with Gasteiger partial charge in [0.2, 0.25) is 0 Å². The third kappa shape index (κ3) is 3.11. The Morgan fingerprint density at radius 2 is 2.05 bits per heavy atom. The van der Waals surface area contributed by atoms with Crippen molar-refractivity contribution >= 4 is 28.9 Å². The van der Waals surface area contributed by atoms with Gasteiger partial charge in [0, 0.05) is 16.8 Å². The second kappa shape index (κ2) is 5.80. The number of nitrogens with zero attached hydrogens (tertiary/aromatic N) is 1. The van der Waals surface area contributed by atoms with E-state index in [0.29, 0.717) is 16.3 Å². The van der Waals surface area contributed by atoms with Gasteiger partial charge in [0.15, 0.2) is 0 Å². The molecular weight excluding hydrogens is 296 g/mol. The standard InChI is InChI=1S/C14H11ClN2O4/c1-8-11(15)3-2-4-12(8)16-14(19)10-7-9(18)5-6-13(10)17(20)21/h2-7,18H,1H3,(H,16,19). The zero-order valence-corrected chi connectivity index (χ0v) is 11.7. The lowest BCUT2D eigenvalue weighted by Gasteiger charge is -2.10. The predicted octanol–water partition coefficient (Wildman–Crippen LogP) is 3.51. The van der Waals surface area contributed by atoms with Gasteiger partial charge in [-0.2, -0.15) is 0 Å². The van der Waals surface area contributed by atoms with E-state index in [4.69, 9.17) is 11.6 Å². The molecule has 0 aliphatic heterocycles. The first-order chi connectivity index (χ1) is 9.90. The first-order valence-corrected chi connectivity index (χ1v) is 6.32. The molecule has 108 valence electrons. The lowest BCUT2D eigenvalue weighted by Crippen LogP contribution is -2.14. The third-order valence-corrected chi connectivity index (χ3v) is 3.35. The molecule has 6 nitrogen and oxygen atoms in total. The highest BCUT2D eigenvalue weighted by molar-refractivity contribution is 6.31. The van der Waals surface area contributed by atoms with Crippen LogP contribution < -0.4 is 5.32 Å². The van der Waals surface area contributed by atoms with Crippen molar-refractivity contribution in [1.29, 1.82) is 0 Å². The van der Waals surface area contributed by atoms with Crippen LogP contribution in [0.4, 0.5) is 11.4 Å². The van der Waals surface area contributed by atoms with Crippen molar-refractivity contribution in [3.05, 3.63) is 62.7 Å². The number of nitrogens with one attached hydrogen (secondary N) is 1. The van der Waals surface area contributed by atoms with Crippen LogP contribution in [0.25, 0.3) is 0 Å². The van der Waals surface area contributed by atoms with E-state index in [1.165, 1.54) is 0 Å². The first kappa shape index (κ1) is 14.8. The van der Waals surface area contributed by atoms with Crippen molar-refractivity contribution < 1.29 is 14.8 Å². The molecule has 0 bridgehead atoms. The van der Waals surface area contributed by atoms with Crippen molar-refractivity contribution in [3.8, 4) is 5.75 Å². The number of carbonyl (C=O) groups excluding carboxylic acids is 1. The summed E-state index contributed by atoms with van der Waals surface area (Å²) in [6, 6.07) is 8.24. The van der Waals surface area contributed by atoms with E-state index in [-0.39, 0.29) is 17.0 Å². The van der Waals surface area contributed by atoms with Crippen LogP contribution >= 0.6 is 11.6 Å². The summed E-state index contributed by atoms with van der Waals surface area (Å²) in [7, 11) is 0. The van der Waals surface area contributed by atoms with E-state index in [2.05, 4.69) is 5.32 Å². The van der Waals surface area contributed by atoms with Gasteiger partial charge in [-0.05, 0) is 36.8 Å². The number of aromatic hydroxyl groups is 1. The number of benzene rings is 2. The molecule has 1 amide bonds. The number of amides is 1. The number of phenolic OH excluding ortho intramolecular Hbond substituents is 1. The molecule has 7 heteroatoms. The average Bonchev–Trinajstić information content (AvgIpc) is 2.43. The Hall–Kier alpha value is -2.60. The van der Waals surface area contributed by atoms with Gasteiger partial charge in [0.1, 0.15) is 11.3 Å². The maximum atomic E-state index is 12.2. The van der Waals surface area contributed by atoms with Gasteiger partial charge in [-0.25, -0.2) is 0 Å². The Labute approximate surface area is 125 Å². The topological polar surface area (TPSA) is 92.5 Å². The Bertz CT molecular complexity index is 731. The number of hydrogen-bond donors (Lipinski definition) is 2. The second-order valence-corrected chi connectivity index (χ2v) is 4.73. The monoisotopic (exact) mass is 306 g/mol. The zero-order valence-electron chi connectivity index (χ0n) is 11.0. The Balaban J connectivity index is 2.39. The van der Waals surface area contributed by atoms with Crippen LogP contribution in [-0.2, 0) is 0 Å². The molecule has 0 saturated heterocycles. The fourth-order valence-corrected chi connectivity index (χ4v) is 1.97. The number of rotatable bonds is 3. The van der Waals surface area contributed by atoms with Crippen molar-refractivity contribution in [2.24, 2.45) is 0 Å². The van der Waals surface area contributed by atoms with Crippen LogP contribution in [0.15, 0.2) is 36.4 Å². The third-order valence-electron chi connectivity index (χ3n) is 2.94. The van der Waals surface area contributed by atoms with E-state index in [0.717, 1.165) is 18.2 Å². The van der Waals surface area contributed by atoms with Crippen LogP contribution in [0, 0.1) is 17.0 Å². The fraction of sp³-hybridized carbons (Fsp3) is 0.0714. The van der Waals surface area contributed by atoms with E-state index in [1.54, 1.807) is 25.1 Å². The quantitative estimate of drug-likeness (QED) is 0.670. The highest BCUT2D eigenvalue weighted by Gasteiger charge is 2.21. The first-order valence-electron chi connectivity index (χ1n) is 5.94. The molecule has 0 unspecified atom stereocenters. The number of hydrogen-bond acceptors (Lipinski definition) is 4. The summed E-state index contributed by atoms with van der Waals surface area (Å²) in [5, 5.41) is 23.4. The van der Waals surface area contributed by atoms with E-state index in [9.17, 15) is 20.0 Å². The summed E-state index contributed by atoms with van der Waals surface area (Å²) in [5.41, 5.74) is 0.491. The van der Waals surface area contributed by atoms with Crippen molar-refractivity contribution in [2.75, 3.05) is 5.32 Å². The highest BCUT2D eigenvalue weighted by atomic mass is 35.5. The zero-order chi connectivity index (χ0) is 15.6. The number of anilines is 1. The summed E-state index contributed by atoms with van der Waals surface area (Å²) >= 11 is 5.95. The highest BCUT2D eigenvalue weighted by Crippen LogP contribution is 2.27. The molecule has 2 aromatic carbocycles. The number of carbonyl (C=O) groups is 1. The van der Waals surface area contributed by atoms with Crippen LogP contribution in [0.5, 0.6) is 5.75 Å². The molecule has 0 fully saturated rings. The molecule has 0 saturated carbocycles. The lowest BCUT2D eigenvalue weighted by molar-refractivity contribution is -0.385. The minimum Gasteiger partial charge on any atom is -0.508 e. The molecule has 0 radical (unpaired) electrons. The van der Waals surface area contributed by atoms with Crippen molar-refractivity contribution in [3.63, 3.8) is 0 Å². The Kier molecular flexibility index (Phi) is 4.09. The molecule has 0 aliphatic rings. The summed E-state index contributed by atoms with van der Waals surface area (Å²) in [5.74, 6) is -0.920. The van der Waals surface area contributed by atoms with Crippen molar-refractivity contribution in [2.45, 2.75) is 6.92 Å². The summed E-state index contributed by atoms with van der Waals surface area (Å²) in [4.78, 5) is 22.4. The Morgan fingerprint density at radius 3 is 2.71 bits per heavy atom. The largest absolute Gasteiger partial charge is 0.508 e. The number of phenols is 1. The van der Waals surface area contributed by atoms with Crippen LogP contribution in [-0.4, -0.2) is 15.9 Å². The Morgan fingerprint density at radius 1 is 1.33 bits per heavy atom. The van der Waals surface area contributed by atoms with Gasteiger partial charge < -0.3 is 10.4 Å². The predicted molar refractivity (Wildman–Crippen MR) is 78.9 cm³/mol. The smallest absolute Gasteiger partial charge is 0.282 e. The molecule has 0 spiro atoms. The minimum absolute atomic E-state index is 0.223. The summed E-state index contributed by atoms with van der Waals surface area (Å²) in [6.07, 6.45) is 0. The van der Waals surface area contributed by atoms with Gasteiger partial charge in [-0.15, -0.1) is 0 Å². The van der Waals surface area contributed by atoms with E-state index in [1.807, 2.05) is 0 Å². The van der Waals surface area contributed by atoms with Crippen LogP contribution in [0.3, 0.4) is 0 Å². The molecule has 0 aromatic heterocycles. The van der Waals surface area contributed by atoms with Crippen LogP contribution in [0.2, 0.25) is 5.02 Å². The van der Waals surface area contributed by atoms with Crippen LogP contribution in [0.1, 0.15) is 15.9 Å². The average molecular weight is 307 g/mol. The minimum atomic E-state index is -0.692. The molecule has 0 atom stereocenters. The molecular formula is C14H11ClN2O4. The van der Waals surface area contributed by atoms with Gasteiger partial charge in [0.05, 0.1) is 4.92 Å². The molecule has 21 heavy (non-hydrogen) atoms. The number of halogens is 1. The summed E-state index contributed by atoms with van der Waals surface area (Å²) in [6.45, 7) is 1.72. The second-order valence-electron chi connectivity index (χ2n) is 4.33. The maximum absolute atomic E-state index is 12.2. The van der Waals surface area contributed by atoms with Gasteiger partial charge in [-0.1, -0.05) is 17.7 Å². The van der Waals surface area contributed by atoms with Gasteiger partial charge in [0.25, 0.3) is 11.6 Å². The maximum Gasteiger partial charge on any atom is 0.282 e. The number of nitro groups is 1. The van der Waals surface area contributed by atoms with Gasteiger partial charge >= 0.3 is 0 Å². The fourth-order valence-electron chi connectivity index (χ4n) is 1.80. The van der Waals surface area contributed by atoms with E-state index >= 15 is 0 Å². The van der Waals surface area contributed by atoms with Crippen molar-refractivity contribution in [1.82, 2.24) is 0 Å². The molecule has 0 aliphatic carbocycles. The summed E-state index contributed by atoms with van der Waals surface area (Å²) < 4.78 is 0. The lowest BCUT2D eigenvalue weighted by atomic mass is 10.1. The van der Waals surface area contributed by atoms with Gasteiger partial charge in [-0.3, -0.25) is 14.9 Å². The van der Waals surface area contributed by atoms with E-state index < -0.39 is 10.8 Å². The normalized spacial score (nSPS) is 10.2. The number of nitro benzene ring substituents is 1. The molecule has 2 rings (SSSR count). The molecule has 0 heterocycles. The molecule has 2 aromatic rings. The SMILES string of the molecule is Cc1c(Cl)cccc1NC(=O)c1cc(O)ccc1[N+](=O)[O-].